The molecule has 84 valence electrons. The Labute approximate surface area is 97.8 Å². The van der Waals surface area contributed by atoms with Crippen LogP contribution in [0.2, 0.25) is 0 Å². The Balaban J connectivity index is 2.80. The smallest absolute Gasteiger partial charge is 0.0927 e. The van der Waals surface area contributed by atoms with Crippen LogP contribution in [0.5, 0.6) is 0 Å². The van der Waals surface area contributed by atoms with Crippen molar-refractivity contribution in [3.8, 4) is 6.07 Å². The van der Waals surface area contributed by atoms with Crippen molar-refractivity contribution in [2.24, 2.45) is 0 Å². The van der Waals surface area contributed by atoms with Crippen molar-refractivity contribution in [3.63, 3.8) is 0 Å². The third kappa shape index (κ3) is 3.78. The largest absolute Gasteiger partial charge is 0.368 e. The topological polar surface area (TPSA) is 27.0 Å². The van der Waals surface area contributed by atoms with Gasteiger partial charge in [0.05, 0.1) is 6.07 Å². The van der Waals surface area contributed by atoms with E-state index in [-0.39, 0.29) is 5.54 Å². The molecule has 1 aromatic rings. The van der Waals surface area contributed by atoms with Crippen molar-refractivity contribution < 1.29 is 0 Å². The van der Waals surface area contributed by atoms with Crippen molar-refractivity contribution in [1.29, 1.82) is 5.26 Å². The lowest BCUT2D eigenvalue weighted by atomic mass is 10.1. The summed E-state index contributed by atoms with van der Waals surface area (Å²) in [6.07, 6.45) is 3.38. The van der Waals surface area contributed by atoms with Crippen LogP contribution >= 0.6 is 0 Å². The van der Waals surface area contributed by atoms with Gasteiger partial charge < -0.3 is 4.90 Å². The van der Waals surface area contributed by atoms with Crippen LogP contribution in [-0.2, 0) is 6.54 Å². The van der Waals surface area contributed by atoms with Crippen molar-refractivity contribution >= 4 is 0 Å². The molecule has 2 nitrogen and oxygen atoms in total. The Morgan fingerprint density at radius 1 is 1.25 bits per heavy atom. The summed E-state index contributed by atoms with van der Waals surface area (Å²) >= 11 is 0. The molecule has 0 atom stereocenters. The highest BCUT2D eigenvalue weighted by atomic mass is 15.2. The van der Waals surface area contributed by atoms with Crippen LogP contribution in [0, 0.1) is 11.3 Å². The Hall–Kier alpha value is -1.75. The molecular formula is C14H18N2. The summed E-state index contributed by atoms with van der Waals surface area (Å²) in [4.78, 5) is 2.16. The van der Waals surface area contributed by atoms with Gasteiger partial charge in [0.15, 0.2) is 0 Å². The summed E-state index contributed by atoms with van der Waals surface area (Å²) < 4.78 is 0. The molecule has 0 radical (unpaired) electrons. The summed E-state index contributed by atoms with van der Waals surface area (Å²) in [6, 6.07) is 12.3. The molecule has 1 aromatic carbocycles. The second-order valence-electron chi connectivity index (χ2n) is 4.73. The third-order valence-electron chi connectivity index (χ3n) is 2.39. The van der Waals surface area contributed by atoms with E-state index in [4.69, 9.17) is 5.26 Å². The summed E-state index contributed by atoms with van der Waals surface area (Å²) in [7, 11) is 0. The monoisotopic (exact) mass is 214 g/mol. The van der Waals surface area contributed by atoms with Crippen molar-refractivity contribution in [1.82, 2.24) is 4.90 Å². The third-order valence-corrected chi connectivity index (χ3v) is 2.39. The first-order chi connectivity index (χ1) is 7.54. The second-order valence-corrected chi connectivity index (χ2v) is 4.73. The van der Waals surface area contributed by atoms with Gasteiger partial charge in [-0.1, -0.05) is 30.3 Å². The van der Waals surface area contributed by atoms with E-state index in [1.807, 2.05) is 30.5 Å². The normalized spacial score (nSPS) is 11.4. The molecule has 2 heteroatoms. The van der Waals surface area contributed by atoms with E-state index >= 15 is 0 Å². The molecule has 0 unspecified atom stereocenters. The molecule has 0 saturated carbocycles. The van der Waals surface area contributed by atoms with Crippen LogP contribution < -0.4 is 0 Å². The van der Waals surface area contributed by atoms with Crippen molar-refractivity contribution in [2.75, 3.05) is 0 Å². The van der Waals surface area contributed by atoms with Gasteiger partial charge in [-0.25, -0.2) is 0 Å². The molecule has 0 bridgehead atoms. The molecule has 0 fully saturated rings. The van der Waals surface area contributed by atoms with E-state index in [0.717, 1.165) is 6.54 Å². The van der Waals surface area contributed by atoms with Gasteiger partial charge in [-0.15, -0.1) is 0 Å². The maximum Gasteiger partial charge on any atom is 0.0927 e. The van der Waals surface area contributed by atoms with Gasteiger partial charge in [0.25, 0.3) is 0 Å². The van der Waals surface area contributed by atoms with Crippen LogP contribution in [0.3, 0.4) is 0 Å². The van der Waals surface area contributed by atoms with Crippen LogP contribution in [0.15, 0.2) is 42.6 Å². The van der Waals surface area contributed by atoms with E-state index in [9.17, 15) is 0 Å². The van der Waals surface area contributed by atoms with E-state index < -0.39 is 0 Å². The maximum atomic E-state index is 8.58. The number of benzene rings is 1. The zero-order valence-corrected chi connectivity index (χ0v) is 10.1. The average Bonchev–Trinajstić information content (AvgIpc) is 2.24. The zero-order valence-electron chi connectivity index (χ0n) is 10.1. The first-order valence-corrected chi connectivity index (χ1v) is 5.41. The summed E-state index contributed by atoms with van der Waals surface area (Å²) in [5, 5.41) is 8.58. The van der Waals surface area contributed by atoms with Gasteiger partial charge in [-0.3, -0.25) is 0 Å². The van der Waals surface area contributed by atoms with Gasteiger partial charge in [0.2, 0.25) is 0 Å². The molecule has 1 rings (SSSR count). The van der Waals surface area contributed by atoms with E-state index in [1.54, 1.807) is 0 Å². The molecule has 0 aliphatic rings. The summed E-state index contributed by atoms with van der Waals surface area (Å²) in [5.41, 5.74) is 1.27. The minimum atomic E-state index is 0.0171. The standard InChI is InChI=1S/C14H18N2/c1-14(2,3)16(11-7-10-15)12-13-8-5-4-6-9-13/h4-9,11H,12H2,1-3H3. The molecule has 0 aliphatic heterocycles. The second kappa shape index (κ2) is 5.37. The maximum absolute atomic E-state index is 8.58. The Morgan fingerprint density at radius 2 is 1.88 bits per heavy atom. The Kier molecular flexibility index (Phi) is 4.13. The van der Waals surface area contributed by atoms with Crippen LogP contribution in [-0.4, -0.2) is 10.4 Å². The first-order valence-electron chi connectivity index (χ1n) is 5.41. The van der Waals surface area contributed by atoms with Crippen molar-refractivity contribution in [2.45, 2.75) is 32.9 Å². The van der Waals surface area contributed by atoms with E-state index in [2.05, 4.69) is 37.8 Å². The quantitative estimate of drug-likeness (QED) is 0.722. The summed E-state index contributed by atoms with van der Waals surface area (Å²) in [5.74, 6) is 0. The minimum Gasteiger partial charge on any atom is -0.368 e. The van der Waals surface area contributed by atoms with Gasteiger partial charge in [-0.2, -0.15) is 5.26 Å². The fourth-order valence-electron chi connectivity index (χ4n) is 1.42. The number of hydrogen-bond donors (Lipinski definition) is 0. The Bertz CT molecular complexity index is 379. The molecule has 0 amide bonds. The highest BCUT2D eigenvalue weighted by Crippen LogP contribution is 2.17. The highest BCUT2D eigenvalue weighted by Gasteiger charge is 2.17. The minimum absolute atomic E-state index is 0.0171. The molecule has 0 aliphatic carbocycles. The fraction of sp³-hybridized carbons (Fsp3) is 0.357. The molecule has 16 heavy (non-hydrogen) atoms. The lowest BCUT2D eigenvalue weighted by Crippen LogP contribution is -2.36. The fourth-order valence-corrected chi connectivity index (χ4v) is 1.42. The van der Waals surface area contributed by atoms with Gasteiger partial charge in [0, 0.05) is 24.4 Å². The highest BCUT2D eigenvalue weighted by molar-refractivity contribution is 5.16. The van der Waals surface area contributed by atoms with Gasteiger partial charge in [-0.05, 0) is 26.3 Å². The zero-order chi connectivity index (χ0) is 12.0. The van der Waals surface area contributed by atoms with Crippen molar-refractivity contribution in [3.05, 3.63) is 48.2 Å². The summed E-state index contributed by atoms with van der Waals surface area (Å²) in [6.45, 7) is 7.23. The van der Waals surface area contributed by atoms with Crippen LogP contribution in [0.25, 0.3) is 0 Å². The number of rotatable bonds is 3. The van der Waals surface area contributed by atoms with Crippen LogP contribution in [0.1, 0.15) is 26.3 Å². The molecule has 0 heterocycles. The van der Waals surface area contributed by atoms with Crippen LogP contribution in [0.4, 0.5) is 0 Å². The predicted octanol–water partition coefficient (Wildman–Crippen LogP) is 3.32. The lowest BCUT2D eigenvalue weighted by Gasteiger charge is -2.34. The molecular weight excluding hydrogens is 196 g/mol. The molecule has 0 N–H and O–H groups in total. The number of hydrogen-bond acceptors (Lipinski definition) is 2. The molecule has 0 aromatic heterocycles. The first kappa shape index (κ1) is 12.3. The number of allylic oxidation sites excluding steroid dienone is 1. The van der Waals surface area contributed by atoms with E-state index in [0.29, 0.717) is 0 Å². The molecule has 0 spiro atoms. The number of nitrogens with zero attached hydrogens (tertiary/aromatic N) is 2. The number of nitriles is 1. The molecule has 0 saturated heterocycles. The van der Waals surface area contributed by atoms with Gasteiger partial charge in [0.1, 0.15) is 0 Å². The SMILES string of the molecule is CC(C)(C)N(C=CC#N)Cc1ccccc1. The average molecular weight is 214 g/mol. The van der Waals surface area contributed by atoms with Gasteiger partial charge >= 0.3 is 0 Å². The van der Waals surface area contributed by atoms with E-state index in [1.165, 1.54) is 11.6 Å². The predicted molar refractivity (Wildman–Crippen MR) is 66.5 cm³/mol. The Morgan fingerprint density at radius 3 is 2.38 bits per heavy atom. The lowest BCUT2D eigenvalue weighted by molar-refractivity contribution is 0.198.